The fourth-order valence-corrected chi connectivity index (χ4v) is 3.57. The van der Waals surface area contributed by atoms with Gasteiger partial charge in [-0.3, -0.25) is 4.79 Å². The van der Waals surface area contributed by atoms with Crippen molar-refractivity contribution < 1.29 is 19.0 Å². The molecule has 0 unspecified atom stereocenters. The van der Waals surface area contributed by atoms with E-state index in [9.17, 15) is 4.79 Å². The van der Waals surface area contributed by atoms with Gasteiger partial charge in [-0.2, -0.15) is 0 Å². The van der Waals surface area contributed by atoms with E-state index in [0.717, 1.165) is 11.1 Å². The predicted molar refractivity (Wildman–Crippen MR) is 96.4 cm³/mol. The minimum Gasteiger partial charge on any atom is -0.496 e. The van der Waals surface area contributed by atoms with Crippen molar-refractivity contribution >= 4 is 5.97 Å². The second kappa shape index (κ2) is 6.63. The Morgan fingerprint density at radius 1 is 1.20 bits per heavy atom. The third-order valence-corrected chi connectivity index (χ3v) is 4.83. The molecule has 2 atom stereocenters. The third kappa shape index (κ3) is 2.78. The van der Waals surface area contributed by atoms with E-state index in [1.54, 1.807) is 26.4 Å². The smallest absolute Gasteiger partial charge is 0.318 e. The lowest BCUT2D eigenvalue weighted by Gasteiger charge is -2.40. The average Bonchev–Trinajstić information content (AvgIpc) is 2.63. The average molecular weight is 338 g/mol. The van der Waals surface area contributed by atoms with Gasteiger partial charge in [0.05, 0.1) is 19.6 Å². The Labute approximate surface area is 148 Å². The molecule has 0 spiro atoms. The minimum atomic E-state index is -0.766. The first-order valence-corrected chi connectivity index (χ1v) is 8.19. The number of esters is 1. The van der Waals surface area contributed by atoms with Gasteiger partial charge in [-0.15, -0.1) is 6.58 Å². The van der Waals surface area contributed by atoms with E-state index in [4.69, 9.17) is 14.2 Å². The van der Waals surface area contributed by atoms with E-state index in [1.165, 1.54) is 0 Å². The zero-order valence-electron chi connectivity index (χ0n) is 14.7. The van der Waals surface area contributed by atoms with Gasteiger partial charge in [0.25, 0.3) is 0 Å². The Hall–Kier alpha value is -2.75. The summed E-state index contributed by atoms with van der Waals surface area (Å²) in [5.41, 5.74) is 1.13. The summed E-state index contributed by atoms with van der Waals surface area (Å²) >= 11 is 0. The molecule has 1 heterocycles. The number of hydrogen-bond acceptors (Lipinski definition) is 4. The van der Waals surface area contributed by atoms with Crippen LogP contribution in [0.1, 0.15) is 30.4 Å². The number of hydrogen-bond donors (Lipinski definition) is 0. The quantitative estimate of drug-likeness (QED) is 0.462. The van der Waals surface area contributed by atoms with Gasteiger partial charge >= 0.3 is 5.97 Å². The van der Waals surface area contributed by atoms with Crippen LogP contribution >= 0.6 is 0 Å². The molecular formula is C21H22O4. The minimum absolute atomic E-state index is 0.205. The van der Waals surface area contributed by atoms with Gasteiger partial charge in [-0.25, -0.2) is 0 Å². The van der Waals surface area contributed by atoms with Gasteiger partial charge in [0, 0.05) is 23.6 Å². The third-order valence-electron chi connectivity index (χ3n) is 4.83. The van der Waals surface area contributed by atoms with Crippen LogP contribution in [0.25, 0.3) is 0 Å². The molecule has 130 valence electrons. The first-order chi connectivity index (χ1) is 12.0. The highest BCUT2D eigenvalue weighted by molar-refractivity contribution is 5.85. The van der Waals surface area contributed by atoms with Crippen LogP contribution in [0.5, 0.6) is 17.2 Å². The highest BCUT2D eigenvalue weighted by Gasteiger charge is 2.49. The van der Waals surface area contributed by atoms with E-state index in [1.807, 2.05) is 43.3 Å². The summed E-state index contributed by atoms with van der Waals surface area (Å²) in [7, 11) is 3.18. The molecule has 3 rings (SSSR count). The van der Waals surface area contributed by atoms with Crippen molar-refractivity contribution in [3.8, 4) is 17.2 Å². The summed E-state index contributed by atoms with van der Waals surface area (Å²) in [6, 6.07) is 13.5. The van der Waals surface area contributed by atoms with Gasteiger partial charge in [0.15, 0.2) is 0 Å². The van der Waals surface area contributed by atoms with Crippen LogP contribution in [0.4, 0.5) is 0 Å². The first-order valence-electron chi connectivity index (χ1n) is 8.19. The fourth-order valence-electron chi connectivity index (χ4n) is 3.57. The van der Waals surface area contributed by atoms with E-state index >= 15 is 0 Å². The standard InChI is InChI=1S/C21H22O4/c1-5-11-21(2)19(14-9-7-6-8-10-14)18-16(24-4)12-15(23-3)13-17(18)25-20(21)22/h5-10,12-13,19H,1,11H2,2-4H3/t19-,21+/m1/s1. The summed E-state index contributed by atoms with van der Waals surface area (Å²) in [5.74, 6) is 1.23. The normalized spacial score (nSPS) is 21.9. The Morgan fingerprint density at radius 3 is 2.52 bits per heavy atom. The number of benzene rings is 2. The van der Waals surface area contributed by atoms with Crippen LogP contribution in [-0.2, 0) is 4.79 Å². The molecule has 0 amide bonds. The van der Waals surface area contributed by atoms with Crippen LogP contribution < -0.4 is 14.2 Å². The molecule has 1 aliphatic heterocycles. The molecule has 0 N–H and O–H groups in total. The monoisotopic (exact) mass is 338 g/mol. The predicted octanol–water partition coefficient (Wildman–Crippen LogP) is 4.34. The Balaban J connectivity index is 2.30. The van der Waals surface area contributed by atoms with E-state index in [0.29, 0.717) is 23.7 Å². The maximum absolute atomic E-state index is 12.9. The Kier molecular flexibility index (Phi) is 4.53. The molecule has 4 nitrogen and oxygen atoms in total. The molecule has 4 heteroatoms. The van der Waals surface area contributed by atoms with Gasteiger partial charge < -0.3 is 14.2 Å². The number of carbonyl (C=O) groups excluding carboxylic acids is 1. The Morgan fingerprint density at radius 2 is 1.92 bits per heavy atom. The molecular weight excluding hydrogens is 316 g/mol. The van der Waals surface area contributed by atoms with Crippen LogP contribution in [0, 0.1) is 5.41 Å². The summed E-state index contributed by atoms with van der Waals surface area (Å²) in [4.78, 5) is 12.9. The van der Waals surface area contributed by atoms with Crippen molar-refractivity contribution in [2.45, 2.75) is 19.3 Å². The number of rotatable bonds is 5. The highest BCUT2D eigenvalue weighted by Crippen LogP contribution is 2.54. The largest absolute Gasteiger partial charge is 0.496 e. The molecule has 0 radical (unpaired) electrons. The second-order valence-corrected chi connectivity index (χ2v) is 6.38. The summed E-state index contributed by atoms with van der Waals surface area (Å²) < 4.78 is 16.6. The van der Waals surface area contributed by atoms with Crippen molar-refractivity contribution in [2.75, 3.05) is 14.2 Å². The van der Waals surface area contributed by atoms with Crippen molar-refractivity contribution in [3.05, 3.63) is 66.2 Å². The second-order valence-electron chi connectivity index (χ2n) is 6.38. The maximum atomic E-state index is 12.9. The lowest BCUT2D eigenvalue weighted by atomic mass is 9.66. The maximum Gasteiger partial charge on any atom is 0.318 e. The lowest BCUT2D eigenvalue weighted by molar-refractivity contribution is -0.147. The van der Waals surface area contributed by atoms with Crippen molar-refractivity contribution in [1.82, 2.24) is 0 Å². The zero-order chi connectivity index (χ0) is 18.0. The van der Waals surface area contributed by atoms with E-state index in [2.05, 4.69) is 6.58 Å². The van der Waals surface area contributed by atoms with Gasteiger partial charge in [-0.1, -0.05) is 36.4 Å². The zero-order valence-corrected chi connectivity index (χ0v) is 14.7. The molecule has 1 aliphatic rings. The van der Waals surface area contributed by atoms with Crippen LogP contribution in [0.3, 0.4) is 0 Å². The molecule has 0 fully saturated rings. The van der Waals surface area contributed by atoms with E-state index in [-0.39, 0.29) is 11.9 Å². The number of carbonyl (C=O) groups is 1. The SMILES string of the molecule is C=CC[C@]1(C)C(=O)Oc2cc(OC)cc(OC)c2[C@H]1c1ccccc1. The summed E-state index contributed by atoms with van der Waals surface area (Å²) in [5, 5.41) is 0. The van der Waals surface area contributed by atoms with Crippen molar-refractivity contribution in [2.24, 2.45) is 5.41 Å². The van der Waals surface area contributed by atoms with Crippen LogP contribution in [0.15, 0.2) is 55.1 Å². The molecule has 0 aliphatic carbocycles. The molecule has 0 bridgehead atoms. The molecule has 2 aromatic rings. The summed E-state index contributed by atoms with van der Waals surface area (Å²) in [6.45, 7) is 5.75. The number of ether oxygens (including phenoxy) is 3. The number of fused-ring (bicyclic) bond motifs is 1. The van der Waals surface area contributed by atoms with Crippen LogP contribution in [0.2, 0.25) is 0 Å². The van der Waals surface area contributed by atoms with E-state index < -0.39 is 5.41 Å². The van der Waals surface area contributed by atoms with Gasteiger partial charge in [-0.05, 0) is 18.9 Å². The van der Waals surface area contributed by atoms with Gasteiger partial charge in [0.1, 0.15) is 17.2 Å². The van der Waals surface area contributed by atoms with Gasteiger partial charge in [0.2, 0.25) is 0 Å². The molecule has 0 saturated heterocycles. The molecule has 2 aromatic carbocycles. The van der Waals surface area contributed by atoms with Crippen molar-refractivity contribution in [3.63, 3.8) is 0 Å². The molecule has 0 saturated carbocycles. The molecule has 0 aromatic heterocycles. The summed E-state index contributed by atoms with van der Waals surface area (Å²) in [6.07, 6.45) is 2.26. The number of allylic oxidation sites excluding steroid dienone is 1. The Bertz CT molecular complexity index is 797. The van der Waals surface area contributed by atoms with Crippen LogP contribution in [-0.4, -0.2) is 20.2 Å². The highest BCUT2D eigenvalue weighted by atomic mass is 16.5. The number of methoxy groups -OCH3 is 2. The lowest BCUT2D eigenvalue weighted by Crippen LogP contribution is -2.42. The molecule has 25 heavy (non-hydrogen) atoms. The van der Waals surface area contributed by atoms with Crippen molar-refractivity contribution in [1.29, 1.82) is 0 Å². The fraction of sp³-hybridized carbons (Fsp3) is 0.286. The topological polar surface area (TPSA) is 44.8 Å². The first kappa shape index (κ1) is 17.1.